The van der Waals surface area contributed by atoms with Crippen molar-refractivity contribution in [2.75, 3.05) is 11.9 Å². The normalized spacial score (nSPS) is 9.82. The molecule has 0 aliphatic carbocycles. The topological polar surface area (TPSA) is 58.2 Å². The molecule has 0 fully saturated rings. The van der Waals surface area contributed by atoms with Crippen LogP contribution in [0.4, 0.5) is 5.69 Å². The number of carbonyl (C=O) groups is 2. The summed E-state index contributed by atoms with van der Waals surface area (Å²) in [4.78, 5) is 22.4. The van der Waals surface area contributed by atoms with Crippen LogP contribution >= 0.6 is 11.6 Å². The molecule has 0 aliphatic heterocycles. The second kappa shape index (κ2) is 6.25. The molecule has 0 spiro atoms. The quantitative estimate of drug-likeness (QED) is 0.865. The molecule has 92 valence electrons. The van der Waals surface area contributed by atoms with E-state index in [9.17, 15) is 9.59 Å². The molecule has 0 unspecified atom stereocenters. The Bertz CT molecular complexity index is 433. The van der Waals surface area contributed by atoms with Gasteiger partial charge in [0.1, 0.15) is 0 Å². The van der Waals surface area contributed by atoms with E-state index in [0.717, 1.165) is 5.56 Å². The molecule has 1 aromatic rings. The van der Waals surface area contributed by atoms with Crippen LogP contribution in [-0.4, -0.2) is 18.4 Å². The Labute approximate surface area is 105 Å². The third-order valence-electron chi connectivity index (χ3n) is 2.22. The Morgan fingerprint density at radius 1 is 1.29 bits per heavy atom. The van der Waals surface area contributed by atoms with Crippen LogP contribution in [0.3, 0.4) is 0 Å². The van der Waals surface area contributed by atoms with E-state index < -0.39 is 0 Å². The van der Waals surface area contributed by atoms with Crippen LogP contribution in [0.2, 0.25) is 5.02 Å². The van der Waals surface area contributed by atoms with Crippen molar-refractivity contribution in [3.05, 3.63) is 28.8 Å². The molecule has 0 radical (unpaired) electrons. The van der Waals surface area contributed by atoms with Gasteiger partial charge in [0.25, 0.3) is 0 Å². The summed E-state index contributed by atoms with van der Waals surface area (Å²) in [6, 6.07) is 5.26. The first-order chi connectivity index (χ1) is 8.02. The molecule has 17 heavy (non-hydrogen) atoms. The lowest BCUT2D eigenvalue weighted by Gasteiger charge is -2.07. The van der Waals surface area contributed by atoms with Crippen molar-refractivity contribution in [2.24, 2.45) is 0 Å². The Morgan fingerprint density at radius 2 is 2.00 bits per heavy atom. The highest BCUT2D eigenvalue weighted by Crippen LogP contribution is 2.19. The fraction of sp³-hybridized carbons (Fsp3) is 0.333. The minimum Gasteiger partial charge on any atom is -0.347 e. The average molecular weight is 255 g/mol. The van der Waals surface area contributed by atoms with Gasteiger partial charge in [-0.3, -0.25) is 9.59 Å². The monoisotopic (exact) mass is 254 g/mol. The largest absolute Gasteiger partial charge is 0.347 e. The summed E-state index contributed by atoms with van der Waals surface area (Å²) in [7, 11) is 0. The summed E-state index contributed by atoms with van der Waals surface area (Å²) in [5.74, 6) is -0.422. The zero-order valence-electron chi connectivity index (χ0n) is 9.84. The number of hydrogen-bond acceptors (Lipinski definition) is 2. The van der Waals surface area contributed by atoms with E-state index in [2.05, 4.69) is 10.6 Å². The number of amides is 2. The zero-order chi connectivity index (χ0) is 12.8. The molecular weight excluding hydrogens is 240 g/mol. The van der Waals surface area contributed by atoms with Crippen molar-refractivity contribution in [2.45, 2.75) is 20.3 Å². The van der Waals surface area contributed by atoms with E-state index >= 15 is 0 Å². The van der Waals surface area contributed by atoms with Crippen LogP contribution in [0.15, 0.2) is 18.2 Å². The summed E-state index contributed by atoms with van der Waals surface area (Å²) in [5.41, 5.74) is 1.57. The highest BCUT2D eigenvalue weighted by molar-refractivity contribution is 6.31. The van der Waals surface area contributed by atoms with Gasteiger partial charge in [-0.25, -0.2) is 0 Å². The molecule has 0 atom stereocenters. The molecule has 4 nitrogen and oxygen atoms in total. The van der Waals surface area contributed by atoms with E-state index in [0.29, 0.717) is 17.1 Å². The van der Waals surface area contributed by atoms with Gasteiger partial charge in [0.2, 0.25) is 11.8 Å². The molecule has 0 aliphatic rings. The maximum Gasteiger partial charge on any atom is 0.243 e. The molecule has 1 rings (SSSR count). The molecular formula is C12H15ClN2O2. The smallest absolute Gasteiger partial charge is 0.243 e. The summed E-state index contributed by atoms with van der Waals surface area (Å²) >= 11 is 5.93. The van der Waals surface area contributed by atoms with Crippen LogP contribution < -0.4 is 10.6 Å². The molecule has 0 heterocycles. The third kappa shape index (κ3) is 4.44. The van der Waals surface area contributed by atoms with Crippen molar-refractivity contribution in [3.8, 4) is 0 Å². The van der Waals surface area contributed by atoms with Gasteiger partial charge in [0.05, 0.1) is 6.54 Å². The standard InChI is InChI=1S/C12H15ClN2O2/c1-3-11(16)14-7-12(17)15-9-5-4-8(2)10(13)6-9/h4-6H,3,7H2,1-2H3,(H,14,16)(H,15,17). The fourth-order valence-corrected chi connectivity index (χ4v) is 1.36. The zero-order valence-corrected chi connectivity index (χ0v) is 10.6. The van der Waals surface area contributed by atoms with Gasteiger partial charge in [-0.1, -0.05) is 24.6 Å². The lowest BCUT2D eigenvalue weighted by molar-refractivity contribution is -0.123. The van der Waals surface area contributed by atoms with Gasteiger partial charge in [-0.05, 0) is 24.6 Å². The van der Waals surface area contributed by atoms with Crippen LogP contribution in [-0.2, 0) is 9.59 Å². The molecule has 5 heteroatoms. The van der Waals surface area contributed by atoms with Gasteiger partial charge in [0.15, 0.2) is 0 Å². The van der Waals surface area contributed by atoms with Gasteiger partial charge in [-0.15, -0.1) is 0 Å². The number of anilines is 1. The molecule has 1 aromatic carbocycles. The number of rotatable bonds is 4. The fourth-order valence-electron chi connectivity index (χ4n) is 1.18. The lowest BCUT2D eigenvalue weighted by atomic mass is 10.2. The maximum atomic E-state index is 11.5. The van der Waals surface area contributed by atoms with Crippen molar-refractivity contribution in [1.29, 1.82) is 0 Å². The van der Waals surface area contributed by atoms with Gasteiger partial charge >= 0.3 is 0 Å². The lowest BCUT2D eigenvalue weighted by Crippen LogP contribution is -2.32. The molecule has 0 saturated heterocycles. The molecule has 0 aromatic heterocycles. The van der Waals surface area contributed by atoms with E-state index in [1.54, 1.807) is 19.1 Å². The average Bonchev–Trinajstić information content (AvgIpc) is 2.31. The molecule has 0 bridgehead atoms. The predicted octanol–water partition coefficient (Wildman–Crippen LogP) is 2.11. The van der Waals surface area contributed by atoms with Gasteiger partial charge < -0.3 is 10.6 Å². The second-order valence-corrected chi connectivity index (χ2v) is 4.05. The molecule has 0 saturated carbocycles. The second-order valence-electron chi connectivity index (χ2n) is 3.64. The van der Waals surface area contributed by atoms with Crippen molar-refractivity contribution in [3.63, 3.8) is 0 Å². The first-order valence-electron chi connectivity index (χ1n) is 5.35. The van der Waals surface area contributed by atoms with Crippen LogP contribution in [0, 0.1) is 6.92 Å². The van der Waals surface area contributed by atoms with Crippen molar-refractivity contribution in [1.82, 2.24) is 5.32 Å². The Morgan fingerprint density at radius 3 is 2.59 bits per heavy atom. The number of aryl methyl sites for hydroxylation is 1. The Hall–Kier alpha value is -1.55. The van der Waals surface area contributed by atoms with Crippen LogP contribution in [0.5, 0.6) is 0 Å². The Kier molecular flexibility index (Phi) is 4.97. The van der Waals surface area contributed by atoms with Crippen LogP contribution in [0.1, 0.15) is 18.9 Å². The number of halogens is 1. The highest BCUT2D eigenvalue weighted by atomic mass is 35.5. The van der Waals surface area contributed by atoms with E-state index in [1.807, 2.05) is 13.0 Å². The van der Waals surface area contributed by atoms with E-state index in [-0.39, 0.29) is 18.4 Å². The Balaban J connectivity index is 2.50. The van der Waals surface area contributed by atoms with E-state index in [1.165, 1.54) is 0 Å². The highest BCUT2D eigenvalue weighted by Gasteiger charge is 2.05. The summed E-state index contributed by atoms with van der Waals surface area (Å²) in [5, 5.41) is 5.74. The SMILES string of the molecule is CCC(=O)NCC(=O)Nc1ccc(C)c(Cl)c1. The van der Waals surface area contributed by atoms with Crippen molar-refractivity contribution >= 4 is 29.1 Å². The van der Waals surface area contributed by atoms with Gasteiger partial charge in [-0.2, -0.15) is 0 Å². The number of hydrogen-bond donors (Lipinski definition) is 2. The summed E-state index contributed by atoms with van der Waals surface area (Å²) in [6.07, 6.45) is 0.365. The van der Waals surface area contributed by atoms with Crippen molar-refractivity contribution < 1.29 is 9.59 Å². The summed E-state index contributed by atoms with van der Waals surface area (Å²) < 4.78 is 0. The van der Waals surface area contributed by atoms with Gasteiger partial charge in [0, 0.05) is 17.1 Å². The minimum atomic E-state index is -0.272. The predicted molar refractivity (Wildman–Crippen MR) is 68.1 cm³/mol. The number of carbonyl (C=O) groups excluding carboxylic acids is 2. The first kappa shape index (κ1) is 13.5. The molecule has 2 N–H and O–H groups in total. The number of nitrogens with one attached hydrogen (secondary N) is 2. The summed E-state index contributed by atoms with van der Waals surface area (Å²) in [6.45, 7) is 3.58. The van der Waals surface area contributed by atoms with Crippen LogP contribution in [0.25, 0.3) is 0 Å². The van der Waals surface area contributed by atoms with E-state index in [4.69, 9.17) is 11.6 Å². The maximum absolute atomic E-state index is 11.5. The third-order valence-corrected chi connectivity index (χ3v) is 2.63. The molecule has 2 amide bonds. The number of benzene rings is 1. The minimum absolute atomic E-state index is 0.0296. The first-order valence-corrected chi connectivity index (χ1v) is 5.73.